The summed E-state index contributed by atoms with van der Waals surface area (Å²) in [6.07, 6.45) is 7.43. The van der Waals surface area contributed by atoms with Crippen molar-refractivity contribution in [1.82, 2.24) is 0 Å². The van der Waals surface area contributed by atoms with Crippen molar-refractivity contribution in [2.75, 3.05) is 0 Å². The Bertz CT molecular complexity index is 289. The van der Waals surface area contributed by atoms with Crippen LogP contribution in [0.2, 0.25) is 0 Å². The molecule has 1 aliphatic carbocycles. The molecule has 3 heteroatoms. The molecule has 0 aromatic carbocycles. The van der Waals surface area contributed by atoms with Crippen molar-refractivity contribution in [3.8, 4) is 0 Å². The zero-order chi connectivity index (χ0) is 9.90. The molecule has 0 fully saturated rings. The average Bonchev–Trinajstić information content (AvgIpc) is 2.04. The predicted octanol–water partition coefficient (Wildman–Crippen LogP) is 1.55. The Kier molecular flexibility index (Phi) is 2.66. The summed E-state index contributed by atoms with van der Waals surface area (Å²) in [6, 6.07) is 0. The van der Waals surface area contributed by atoms with Crippen LogP contribution in [0.3, 0.4) is 0 Å². The second-order valence-corrected chi connectivity index (χ2v) is 3.27. The van der Waals surface area contributed by atoms with Gasteiger partial charge in [0.1, 0.15) is 5.78 Å². The van der Waals surface area contributed by atoms with Gasteiger partial charge in [-0.2, -0.15) is 0 Å². The van der Waals surface area contributed by atoms with E-state index in [2.05, 4.69) is 0 Å². The van der Waals surface area contributed by atoms with Gasteiger partial charge in [0.2, 0.25) is 0 Å². The summed E-state index contributed by atoms with van der Waals surface area (Å²) >= 11 is 0. The van der Waals surface area contributed by atoms with Crippen LogP contribution in [-0.4, -0.2) is 16.9 Å². The van der Waals surface area contributed by atoms with Crippen molar-refractivity contribution >= 4 is 11.8 Å². The maximum Gasteiger partial charge on any atom is 0.304 e. The van der Waals surface area contributed by atoms with Gasteiger partial charge in [0.25, 0.3) is 0 Å². The van der Waals surface area contributed by atoms with Gasteiger partial charge in [-0.1, -0.05) is 24.3 Å². The molecule has 0 spiro atoms. The maximum absolute atomic E-state index is 11.3. The normalized spacial score (nSPS) is 25.9. The Morgan fingerprint density at radius 1 is 1.46 bits per heavy atom. The molecule has 0 aromatic rings. The van der Waals surface area contributed by atoms with Gasteiger partial charge in [-0.25, -0.2) is 0 Å². The molecule has 0 amide bonds. The van der Waals surface area contributed by atoms with E-state index in [9.17, 15) is 9.59 Å². The molecular formula is C10H12O3. The van der Waals surface area contributed by atoms with E-state index in [1.807, 2.05) is 12.2 Å². The molecule has 0 saturated carbocycles. The summed E-state index contributed by atoms with van der Waals surface area (Å²) < 4.78 is 0. The minimum absolute atomic E-state index is 0.0875. The van der Waals surface area contributed by atoms with Crippen LogP contribution in [-0.2, 0) is 9.59 Å². The molecule has 0 heterocycles. The van der Waals surface area contributed by atoms with Crippen molar-refractivity contribution in [3.63, 3.8) is 0 Å². The minimum atomic E-state index is -0.935. The number of rotatable bonds is 3. The van der Waals surface area contributed by atoms with E-state index in [1.54, 1.807) is 12.2 Å². The molecule has 1 unspecified atom stereocenters. The first-order chi connectivity index (χ1) is 6.07. The third-order valence-electron chi connectivity index (χ3n) is 2.31. The smallest absolute Gasteiger partial charge is 0.304 e. The highest BCUT2D eigenvalue weighted by molar-refractivity contribution is 5.89. The molecule has 0 radical (unpaired) electrons. The first kappa shape index (κ1) is 9.71. The molecule has 70 valence electrons. The van der Waals surface area contributed by atoms with Crippen LogP contribution < -0.4 is 0 Å². The van der Waals surface area contributed by atoms with Crippen molar-refractivity contribution in [2.45, 2.75) is 19.8 Å². The van der Waals surface area contributed by atoms with E-state index < -0.39 is 11.4 Å². The fraction of sp³-hybridized carbons (Fsp3) is 0.400. The average molecular weight is 180 g/mol. The van der Waals surface area contributed by atoms with Gasteiger partial charge >= 0.3 is 5.97 Å². The lowest BCUT2D eigenvalue weighted by Crippen LogP contribution is -2.30. The lowest BCUT2D eigenvalue weighted by molar-refractivity contribution is -0.142. The van der Waals surface area contributed by atoms with Crippen LogP contribution >= 0.6 is 0 Å². The summed E-state index contributed by atoms with van der Waals surface area (Å²) in [5, 5.41) is 8.67. The predicted molar refractivity (Wildman–Crippen MR) is 48.3 cm³/mol. The monoisotopic (exact) mass is 180 g/mol. The van der Waals surface area contributed by atoms with Crippen LogP contribution in [0.4, 0.5) is 0 Å². The minimum Gasteiger partial charge on any atom is -0.481 e. The number of carbonyl (C=O) groups excluding carboxylic acids is 1. The van der Waals surface area contributed by atoms with E-state index in [1.165, 1.54) is 6.92 Å². The molecule has 0 aliphatic heterocycles. The highest BCUT2D eigenvalue weighted by Crippen LogP contribution is 2.32. The third-order valence-corrected chi connectivity index (χ3v) is 2.31. The summed E-state index contributed by atoms with van der Waals surface area (Å²) in [5.41, 5.74) is -0.805. The van der Waals surface area contributed by atoms with Gasteiger partial charge in [-0.3, -0.25) is 9.59 Å². The van der Waals surface area contributed by atoms with Crippen molar-refractivity contribution in [2.24, 2.45) is 5.41 Å². The van der Waals surface area contributed by atoms with Crippen LogP contribution in [0, 0.1) is 5.41 Å². The number of carbonyl (C=O) groups is 2. The number of allylic oxidation sites excluding steroid dienone is 4. The molecule has 1 N–H and O–H groups in total. The van der Waals surface area contributed by atoms with Gasteiger partial charge in [0, 0.05) is 0 Å². The first-order valence-electron chi connectivity index (χ1n) is 4.14. The highest BCUT2D eigenvalue weighted by atomic mass is 16.4. The molecule has 0 aromatic heterocycles. The van der Waals surface area contributed by atoms with Crippen molar-refractivity contribution in [3.05, 3.63) is 24.3 Å². The Balaban J connectivity index is 2.88. The molecule has 1 atom stereocenters. The fourth-order valence-electron chi connectivity index (χ4n) is 1.45. The lowest BCUT2D eigenvalue weighted by atomic mass is 9.75. The first-order valence-corrected chi connectivity index (χ1v) is 4.14. The molecule has 3 nitrogen and oxygen atoms in total. The van der Waals surface area contributed by atoms with Gasteiger partial charge in [-0.05, 0) is 13.3 Å². The van der Waals surface area contributed by atoms with Crippen molar-refractivity contribution in [1.29, 1.82) is 0 Å². The number of aliphatic carboxylic acids is 1. The van der Waals surface area contributed by atoms with Gasteiger partial charge in [0.05, 0.1) is 11.8 Å². The zero-order valence-corrected chi connectivity index (χ0v) is 7.49. The van der Waals surface area contributed by atoms with Crippen LogP contribution in [0.25, 0.3) is 0 Å². The number of carboxylic acid groups (broad SMARTS) is 1. The molecule has 13 heavy (non-hydrogen) atoms. The lowest BCUT2D eigenvalue weighted by Gasteiger charge is -2.26. The van der Waals surface area contributed by atoms with Gasteiger partial charge in [0.15, 0.2) is 0 Å². The fourth-order valence-corrected chi connectivity index (χ4v) is 1.45. The SMILES string of the molecule is CC(=O)C1(CC(=O)O)C=CC=CC1. The van der Waals surface area contributed by atoms with E-state index >= 15 is 0 Å². The summed E-state index contributed by atoms with van der Waals surface area (Å²) in [6.45, 7) is 1.44. The topological polar surface area (TPSA) is 54.4 Å². The van der Waals surface area contributed by atoms with Crippen LogP contribution in [0.15, 0.2) is 24.3 Å². The summed E-state index contributed by atoms with van der Waals surface area (Å²) in [4.78, 5) is 21.9. The standard InChI is InChI=1S/C10H12O3/c1-8(11)10(7-9(12)13)5-3-2-4-6-10/h2-5H,6-7H2,1H3,(H,12,13). The summed E-state index contributed by atoms with van der Waals surface area (Å²) in [7, 11) is 0. The maximum atomic E-state index is 11.3. The molecular weight excluding hydrogens is 168 g/mol. The Morgan fingerprint density at radius 3 is 2.54 bits per heavy atom. The molecule has 0 bridgehead atoms. The highest BCUT2D eigenvalue weighted by Gasteiger charge is 2.34. The quantitative estimate of drug-likeness (QED) is 0.716. The van der Waals surface area contributed by atoms with Crippen molar-refractivity contribution < 1.29 is 14.7 Å². The Labute approximate surface area is 76.8 Å². The van der Waals surface area contributed by atoms with E-state index in [0.717, 1.165) is 0 Å². The van der Waals surface area contributed by atoms with Gasteiger partial charge < -0.3 is 5.11 Å². The summed E-state index contributed by atoms with van der Waals surface area (Å²) in [5.74, 6) is -1.02. The second kappa shape index (κ2) is 3.56. The van der Waals surface area contributed by atoms with Gasteiger partial charge in [-0.15, -0.1) is 0 Å². The Hall–Kier alpha value is -1.38. The van der Waals surface area contributed by atoms with Crippen LogP contribution in [0.1, 0.15) is 19.8 Å². The number of ketones is 1. The third kappa shape index (κ3) is 2.05. The molecule has 1 rings (SSSR count). The van der Waals surface area contributed by atoms with E-state index in [0.29, 0.717) is 6.42 Å². The Morgan fingerprint density at radius 2 is 2.15 bits per heavy atom. The molecule has 1 aliphatic rings. The van der Waals surface area contributed by atoms with Crippen LogP contribution in [0.5, 0.6) is 0 Å². The largest absolute Gasteiger partial charge is 0.481 e. The van der Waals surface area contributed by atoms with E-state index in [4.69, 9.17) is 5.11 Å². The molecule has 0 saturated heterocycles. The second-order valence-electron chi connectivity index (χ2n) is 3.27. The van der Waals surface area contributed by atoms with E-state index in [-0.39, 0.29) is 12.2 Å². The zero-order valence-electron chi connectivity index (χ0n) is 7.49. The number of hydrogen-bond donors (Lipinski definition) is 1. The number of carboxylic acids is 1. The number of hydrogen-bond acceptors (Lipinski definition) is 2. The number of Topliss-reactive ketones (excluding diaryl/α,β-unsaturated/α-hetero) is 1.